The van der Waals surface area contributed by atoms with Gasteiger partial charge in [0.1, 0.15) is 5.75 Å². The number of benzene rings is 2. The second-order valence-electron chi connectivity index (χ2n) is 5.67. The number of nitrogens with two attached hydrogens (primary N) is 1. The third kappa shape index (κ3) is 4.33. The Labute approximate surface area is 149 Å². The van der Waals surface area contributed by atoms with Gasteiger partial charge in [0.05, 0.1) is 22.5 Å². The van der Waals surface area contributed by atoms with E-state index in [9.17, 15) is 4.79 Å². The maximum atomic E-state index is 12.2. The minimum absolute atomic E-state index is 0.0996. The molecule has 0 saturated carbocycles. The van der Waals surface area contributed by atoms with Gasteiger partial charge in [-0.05, 0) is 49.7 Å². The molecule has 1 amide bonds. The van der Waals surface area contributed by atoms with Crippen molar-refractivity contribution in [1.29, 1.82) is 0 Å². The van der Waals surface area contributed by atoms with E-state index in [-0.39, 0.29) is 12.0 Å². The Hall–Kier alpha value is -2.93. The normalized spacial score (nSPS) is 11.3. The molecule has 128 valence electrons. The first kappa shape index (κ1) is 16.9. The number of ether oxygens (including phenoxy) is 1. The molecule has 0 aliphatic carbocycles. The number of anilines is 1. The summed E-state index contributed by atoms with van der Waals surface area (Å²) in [6.45, 7) is 3.93. The highest BCUT2D eigenvalue weighted by Gasteiger charge is 2.08. The van der Waals surface area contributed by atoms with Gasteiger partial charge in [-0.2, -0.15) is 5.10 Å². The third-order valence-corrected chi connectivity index (χ3v) is 4.12. The SMILES string of the molecule is CC(C)Oc1cccc(/C=N\NC(=O)c2ccc3nc(N)sc3c2)c1. The van der Waals surface area contributed by atoms with Crippen LogP contribution in [0.25, 0.3) is 10.2 Å². The van der Waals surface area contributed by atoms with Gasteiger partial charge in [-0.1, -0.05) is 23.5 Å². The quantitative estimate of drug-likeness (QED) is 0.542. The Balaban J connectivity index is 1.67. The zero-order chi connectivity index (χ0) is 17.8. The number of carbonyl (C=O) groups excluding carboxylic acids is 1. The van der Waals surface area contributed by atoms with E-state index in [0.29, 0.717) is 10.7 Å². The van der Waals surface area contributed by atoms with Crippen LogP contribution in [0.1, 0.15) is 29.8 Å². The van der Waals surface area contributed by atoms with Crippen molar-refractivity contribution in [1.82, 2.24) is 10.4 Å². The summed E-state index contributed by atoms with van der Waals surface area (Å²) in [4.78, 5) is 16.4. The summed E-state index contributed by atoms with van der Waals surface area (Å²) in [7, 11) is 0. The molecule has 7 heteroatoms. The van der Waals surface area contributed by atoms with Crippen molar-refractivity contribution in [3.8, 4) is 5.75 Å². The molecule has 2 aromatic carbocycles. The van der Waals surface area contributed by atoms with E-state index in [2.05, 4.69) is 15.5 Å². The van der Waals surface area contributed by atoms with Crippen LogP contribution < -0.4 is 15.9 Å². The van der Waals surface area contributed by atoms with E-state index in [0.717, 1.165) is 21.5 Å². The van der Waals surface area contributed by atoms with Gasteiger partial charge < -0.3 is 10.5 Å². The highest BCUT2D eigenvalue weighted by Crippen LogP contribution is 2.24. The fourth-order valence-corrected chi connectivity index (χ4v) is 3.03. The van der Waals surface area contributed by atoms with Crippen molar-refractivity contribution in [3.63, 3.8) is 0 Å². The molecule has 0 unspecified atom stereocenters. The molecule has 0 atom stereocenters. The maximum absolute atomic E-state index is 12.2. The molecule has 0 saturated heterocycles. The first-order chi connectivity index (χ1) is 12.0. The summed E-state index contributed by atoms with van der Waals surface area (Å²) >= 11 is 1.35. The van der Waals surface area contributed by atoms with E-state index >= 15 is 0 Å². The Morgan fingerprint density at radius 3 is 2.96 bits per heavy atom. The van der Waals surface area contributed by atoms with E-state index in [1.165, 1.54) is 11.3 Å². The largest absolute Gasteiger partial charge is 0.491 e. The van der Waals surface area contributed by atoms with Crippen LogP contribution in [0.2, 0.25) is 0 Å². The summed E-state index contributed by atoms with van der Waals surface area (Å²) in [5.74, 6) is 0.471. The lowest BCUT2D eigenvalue weighted by molar-refractivity contribution is 0.0955. The van der Waals surface area contributed by atoms with Crippen molar-refractivity contribution in [2.75, 3.05) is 5.73 Å². The number of amides is 1. The molecule has 0 bridgehead atoms. The monoisotopic (exact) mass is 354 g/mol. The molecule has 3 rings (SSSR count). The van der Waals surface area contributed by atoms with Gasteiger partial charge in [-0.15, -0.1) is 0 Å². The standard InChI is InChI=1S/C18H18N4O2S/c1-11(2)24-14-5-3-4-12(8-14)10-20-22-17(23)13-6-7-15-16(9-13)25-18(19)21-15/h3-11H,1-2H3,(H2,19,21)(H,22,23)/b20-10-. The smallest absolute Gasteiger partial charge is 0.271 e. The van der Waals surface area contributed by atoms with Crippen LogP contribution in [-0.2, 0) is 0 Å². The van der Waals surface area contributed by atoms with Crippen LogP contribution in [0.15, 0.2) is 47.6 Å². The van der Waals surface area contributed by atoms with Gasteiger partial charge in [0.25, 0.3) is 5.91 Å². The van der Waals surface area contributed by atoms with Crippen molar-refractivity contribution in [2.24, 2.45) is 5.10 Å². The number of aromatic nitrogens is 1. The second-order valence-corrected chi connectivity index (χ2v) is 6.74. The molecule has 6 nitrogen and oxygen atoms in total. The highest BCUT2D eigenvalue weighted by molar-refractivity contribution is 7.22. The molecule has 3 N–H and O–H groups in total. The summed E-state index contributed by atoms with van der Waals surface area (Å²) in [6.07, 6.45) is 1.68. The van der Waals surface area contributed by atoms with Gasteiger partial charge in [0.2, 0.25) is 0 Å². The minimum Gasteiger partial charge on any atom is -0.491 e. The van der Waals surface area contributed by atoms with Gasteiger partial charge in [-0.25, -0.2) is 10.4 Å². The van der Waals surface area contributed by atoms with E-state index in [1.54, 1.807) is 24.4 Å². The van der Waals surface area contributed by atoms with Crippen LogP contribution in [-0.4, -0.2) is 23.2 Å². The zero-order valence-electron chi connectivity index (χ0n) is 13.9. The Morgan fingerprint density at radius 2 is 2.16 bits per heavy atom. The Kier molecular flexibility index (Phi) is 4.95. The van der Waals surface area contributed by atoms with Crippen LogP contribution in [0, 0.1) is 0 Å². The number of nitrogens with one attached hydrogen (secondary N) is 1. The summed E-state index contributed by atoms with van der Waals surface area (Å²) in [5.41, 5.74) is 10.3. The topological polar surface area (TPSA) is 89.6 Å². The fraction of sp³-hybridized carbons (Fsp3) is 0.167. The lowest BCUT2D eigenvalue weighted by Gasteiger charge is -2.09. The predicted octanol–water partition coefficient (Wildman–Crippen LogP) is 3.43. The van der Waals surface area contributed by atoms with Gasteiger partial charge in [-0.3, -0.25) is 4.79 Å². The number of hydrazone groups is 1. The molecule has 25 heavy (non-hydrogen) atoms. The van der Waals surface area contributed by atoms with Crippen LogP contribution in [0.3, 0.4) is 0 Å². The molecular weight excluding hydrogens is 336 g/mol. The number of rotatable bonds is 5. The van der Waals surface area contributed by atoms with E-state index in [4.69, 9.17) is 10.5 Å². The van der Waals surface area contributed by atoms with Crippen LogP contribution >= 0.6 is 11.3 Å². The summed E-state index contributed by atoms with van der Waals surface area (Å²) in [6, 6.07) is 12.7. The van der Waals surface area contributed by atoms with Crippen molar-refractivity contribution in [2.45, 2.75) is 20.0 Å². The summed E-state index contributed by atoms with van der Waals surface area (Å²) < 4.78 is 6.50. The number of nitrogens with zero attached hydrogens (tertiary/aromatic N) is 2. The average molecular weight is 354 g/mol. The van der Waals surface area contributed by atoms with Crippen LogP contribution in [0.5, 0.6) is 5.75 Å². The van der Waals surface area contributed by atoms with E-state index < -0.39 is 0 Å². The number of nitrogen functional groups attached to an aromatic ring is 1. The molecule has 0 fully saturated rings. The number of hydrogen-bond acceptors (Lipinski definition) is 6. The predicted molar refractivity (Wildman–Crippen MR) is 101 cm³/mol. The van der Waals surface area contributed by atoms with E-state index in [1.807, 2.05) is 38.1 Å². The van der Waals surface area contributed by atoms with Gasteiger partial charge in [0, 0.05) is 5.56 Å². The second kappa shape index (κ2) is 7.31. The lowest BCUT2D eigenvalue weighted by Crippen LogP contribution is -2.17. The molecule has 0 aliphatic rings. The number of fused-ring (bicyclic) bond motifs is 1. The number of carbonyl (C=O) groups is 1. The molecule has 1 aromatic heterocycles. The van der Waals surface area contributed by atoms with Gasteiger partial charge >= 0.3 is 0 Å². The molecule has 3 aromatic rings. The van der Waals surface area contributed by atoms with Crippen molar-refractivity contribution in [3.05, 3.63) is 53.6 Å². The van der Waals surface area contributed by atoms with Crippen LogP contribution in [0.4, 0.5) is 5.13 Å². The Morgan fingerprint density at radius 1 is 1.32 bits per heavy atom. The number of hydrogen-bond donors (Lipinski definition) is 2. The average Bonchev–Trinajstić information content (AvgIpc) is 2.93. The number of thiazole rings is 1. The minimum atomic E-state index is -0.292. The zero-order valence-corrected chi connectivity index (χ0v) is 14.7. The fourth-order valence-electron chi connectivity index (χ4n) is 2.25. The molecule has 0 radical (unpaired) electrons. The highest BCUT2D eigenvalue weighted by atomic mass is 32.1. The molecule has 1 heterocycles. The first-order valence-electron chi connectivity index (χ1n) is 7.77. The van der Waals surface area contributed by atoms with Crippen molar-refractivity contribution >= 4 is 38.8 Å². The molecule has 0 spiro atoms. The molecule has 0 aliphatic heterocycles. The maximum Gasteiger partial charge on any atom is 0.271 e. The summed E-state index contributed by atoms with van der Waals surface area (Å²) in [5, 5.41) is 4.49. The lowest BCUT2D eigenvalue weighted by atomic mass is 10.2. The molecular formula is C18H18N4O2S. The first-order valence-corrected chi connectivity index (χ1v) is 8.59. The van der Waals surface area contributed by atoms with Gasteiger partial charge in [0.15, 0.2) is 5.13 Å². The van der Waals surface area contributed by atoms with Crippen molar-refractivity contribution < 1.29 is 9.53 Å². The third-order valence-electron chi connectivity index (χ3n) is 3.28. The Bertz CT molecular complexity index is 934.